The molecule has 1 aliphatic rings. The van der Waals surface area contributed by atoms with Crippen LogP contribution < -0.4 is 10.1 Å². The van der Waals surface area contributed by atoms with Gasteiger partial charge in [0.15, 0.2) is 0 Å². The molecule has 1 aliphatic heterocycles. The Kier molecular flexibility index (Phi) is 4.62. The second kappa shape index (κ2) is 7.21. The summed E-state index contributed by atoms with van der Waals surface area (Å²) in [4.78, 5) is 15.6. The van der Waals surface area contributed by atoms with Crippen LogP contribution in [0.15, 0.2) is 36.8 Å². The van der Waals surface area contributed by atoms with Crippen LogP contribution in [0.2, 0.25) is 0 Å². The highest BCUT2D eigenvalue weighted by molar-refractivity contribution is 5.95. The molecule has 7 heteroatoms. The molecule has 2 N–H and O–H groups in total. The van der Waals surface area contributed by atoms with E-state index in [2.05, 4.69) is 15.4 Å². The fraction of sp³-hybridized carbons (Fsp3) is 0.368. The molecule has 26 heavy (non-hydrogen) atoms. The average molecular weight is 354 g/mol. The zero-order chi connectivity index (χ0) is 17.9. The van der Waals surface area contributed by atoms with Crippen molar-refractivity contribution in [2.75, 3.05) is 19.0 Å². The first-order valence-electron chi connectivity index (χ1n) is 8.79. The van der Waals surface area contributed by atoms with Crippen LogP contribution in [0.25, 0.3) is 10.9 Å². The first-order valence-corrected chi connectivity index (χ1v) is 8.79. The summed E-state index contributed by atoms with van der Waals surface area (Å²) in [6, 6.07) is 5.78. The molecule has 3 aromatic rings. The number of carbonyl (C=O) groups is 1. The number of fused-ring (bicyclic) bond motifs is 1. The molecule has 1 saturated heterocycles. The fourth-order valence-corrected chi connectivity index (χ4v) is 3.33. The van der Waals surface area contributed by atoms with Crippen LogP contribution in [-0.2, 0) is 22.5 Å². The van der Waals surface area contributed by atoms with E-state index in [1.807, 2.05) is 35.3 Å². The first-order chi connectivity index (χ1) is 12.7. The van der Waals surface area contributed by atoms with Gasteiger partial charge in [-0.1, -0.05) is 0 Å². The Morgan fingerprint density at radius 2 is 2.42 bits per heavy atom. The van der Waals surface area contributed by atoms with Gasteiger partial charge in [0.05, 0.1) is 38.1 Å². The van der Waals surface area contributed by atoms with Gasteiger partial charge in [-0.25, -0.2) is 0 Å². The highest BCUT2D eigenvalue weighted by Gasteiger charge is 2.17. The van der Waals surface area contributed by atoms with Crippen LogP contribution in [0.3, 0.4) is 0 Å². The largest absolute Gasteiger partial charge is 0.497 e. The van der Waals surface area contributed by atoms with Gasteiger partial charge in [-0.15, -0.1) is 0 Å². The quantitative estimate of drug-likeness (QED) is 0.713. The van der Waals surface area contributed by atoms with Gasteiger partial charge in [0.1, 0.15) is 5.75 Å². The number of anilines is 1. The predicted octanol–water partition coefficient (Wildman–Crippen LogP) is 2.73. The normalized spacial score (nSPS) is 16.9. The highest BCUT2D eigenvalue weighted by Crippen LogP contribution is 2.24. The molecule has 1 atom stereocenters. The van der Waals surface area contributed by atoms with E-state index in [1.165, 1.54) is 0 Å². The maximum absolute atomic E-state index is 12.4. The van der Waals surface area contributed by atoms with Crippen LogP contribution in [0.5, 0.6) is 5.75 Å². The minimum atomic E-state index is -0.0783. The van der Waals surface area contributed by atoms with E-state index in [-0.39, 0.29) is 18.4 Å². The number of aromatic nitrogens is 3. The average Bonchev–Trinajstić information content (AvgIpc) is 3.38. The molecule has 1 unspecified atom stereocenters. The topological polar surface area (TPSA) is 81.2 Å². The van der Waals surface area contributed by atoms with Crippen molar-refractivity contribution in [3.63, 3.8) is 0 Å². The number of ether oxygens (including phenoxy) is 2. The highest BCUT2D eigenvalue weighted by atomic mass is 16.5. The van der Waals surface area contributed by atoms with Gasteiger partial charge < -0.3 is 19.8 Å². The number of amides is 1. The molecule has 0 saturated carbocycles. The maximum Gasteiger partial charge on any atom is 0.228 e. The number of hydrogen-bond donors (Lipinski definition) is 2. The summed E-state index contributed by atoms with van der Waals surface area (Å²) in [7, 11) is 1.63. The summed E-state index contributed by atoms with van der Waals surface area (Å²) < 4.78 is 12.7. The zero-order valence-corrected chi connectivity index (χ0v) is 14.7. The molecule has 3 heterocycles. The molecular formula is C19H22N4O3. The molecule has 4 rings (SSSR count). The molecule has 0 bridgehead atoms. The van der Waals surface area contributed by atoms with E-state index in [9.17, 15) is 4.79 Å². The molecule has 7 nitrogen and oxygen atoms in total. The van der Waals surface area contributed by atoms with E-state index >= 15 is 0 Å². The van der Waals surface area contributed by atoms with Crippen molar-refractivity contribution >= 4 is 22.5 Å². The van der Waals surface area contributed by atoms with Gasteiger partial charge in [-0.05, 0) is 36.6 Å². The lowest BCUT2D eigenvalue weighted by Crippen LogP contribution is -2.15. The van der Waals surface area contributed by atoms with Gasteiger partial charge in [0.25, 0.3) is 0 Å². The second-order valence-corrected chi connectivity index (χ2v) is 6.54. The summed E-state index contributed by atoms with van der Waals surface area (Å²) >= 11 is 0. The van der Waals surface area contributed by atoms with E-state index in [0.717, 1.165) is 48.2 Å². The third-order valence-corrected chi connectivity index (χ3v) is 4.66. The molecule has 1 amide bonds. The monoisotopic (exact) mass is 354 g/mol. The van der Waals surface area contributed by atoms with Crippen LogP contribution in [0, 0.1) is 0 Å². The fourth-order valence-electron chi connectivity index (χ4n) is 3.33. The Hall–Kier alpha value is -2.80. The van der Waals surface area contributed by atoms with Gasteiger partial charge in [0, 0.05) is 29.9 Å². The molecule has 0 spiro atoms. The van der Waals surface area contributed by atoms with Gasteiger partial charge in [-0.2, -0.15) is 5.10 Å². The van der Waals surface area contributed by atoms with Crippen molar-refractivity contribution in [3.8, 4) is 5.75 Å². The second-order valence-electron chi connectivity index (χ2n) is 6.54. The Morgan fingerprint density at radius 1 is 1.50 bits per heavy atom. The van der Waals surface area contributed by atoms with Crippen molar-refractivity contribution in [1.29, 1.82) is 0 Å². The zero-order valence-electron chi connectivity index (χ0n) is 14.7. The number of carbonyl (C=O) groups excluding carboxylic acids is 1. The van der Waals surface area contributed by atoms with E-state index < -0.39 is 0 Å². The van der Waals surface area contributed by atoms with Crippen LogP contribution >= 0.6 is 0 Å². The number of nitrogens with zero attached hydrogens (tertiary/aromatic N) is 2. The van der Waals surface area contributed by atoms with Crippen molar-refractivity contribution in [2.24, 2.45) is 0 Å². The Bertz CT molecular complexity index is 909. The third kappa shape index (κ3) is 3.57. The van der Waals surface area contributed by atoms with Gasteiger partial charge in [-0.3, -0.25) is 9.48 Å². The van der Waals surface area contributed by atoms with Crippen molar-refractivity contribution < 1.29 is 14.3 Å². The number of hydrogen-bond acceptors (Lipinski definition) is 4. The Balaban J connectivity index is 1.40. The SMILES string of the molecule is COc1ccc2[nH]cc(CC(=O)Nc3cnn(CC4CCCO4)c3)c2c1. The molecule has 0 radical (unpaired) electrons. The maximum atomic E-state index is 12.4. The Labute approximate surface area is 151 Å². The van der Waals surface area contributed by atoms with Crippen molar-refractivity contribution in [2.45, 2.75) is 31.9 Å². The van der Waals surface area contributed by atoms with Crippen LogP contribution in [-0.4, -0.2) is 40.5 Å². The van der Waals surface area contributed by atoms with Crippen LogP contribution in [0.1, 0.15) is 18.4 Å². The third-order valence-electron chi connectivity index (χ3n) is 4.66. The standard InChI is InChI=1S/C19H22N4O3/c1-25-15-4-5-18-17(8-15)13(9-20-18)7-19(24)22-14-10-21-23(11-14)12-16-3-2-6-26-16/h4-5,8-11,16,20H,2-3,6-7,12H2,1H3,(H,22,24). The summed E-state index contributed by atoms with van der Waals surface area (Å²) in [5.41, 5.74) is 2.62. The van der Waals surface area contributed by atoms with Gasteiger partial charge >= 0.3 is 0 Å². The van der Waals surface area contributed by atoms with Gasteiger partial charge in [0.2, 0.25) is 5.91 Å². The number of benzene rings is 1. The lowest BCUT2D eigenvalue weighted by atomic mass is 10.1. The summed E-state index contributed by atoms with van der Waals surface area (Å²) in [6.07, 6.45) is 8.05. The predicted molar refractivity (Wildman–Crippen MR) is 98.4 cm³/mol. The smallest absolute Gasteiger partial charge is 0.228 e. The number of H-pyrrole nitrogens is 1. The molecule has 1 aromatic carbocycles. The number of rotatable bonds is 6. The number of nitrogens with one attached hydrogen (secondary N) is 2. The summed E-state index contributed by atoms with van der Waals surface area (Å²) in [5.74, 6) is 0.694. The lowest BCUT2D eigenvalue weighted by Gasteiger charge is -2.08. The van der Waals surface area contributed by atoms with Crippen molar-refractivity contribution in [3.05, 3.63) is 42.4 Å². The molecule has 2 aromatic heterocycles. The molecular weight excluding hydrogens is 332 g/mol. The van der Waals surface area contributed by atoms with Crippen molar-refractivity contribution in [1.82, 2.24) is 14.8 Å². The summed E-state index contributed by atoms with van der Waals surface area (Å²) in [5, 5.41) is 8.21. The minimum Gasteiger partial charge on any atom is -0.497 e. The lowest BCUT2D eigenvalue weighted by molar-refractivity contribution is -0.115. The van der Waals surface area contributed by atoms with Crippen LogP contribution in [0.4, 0.5) is 5.69 Å². The molecule has 0 aliphatic carbocycles. The minimum absolute atomic E-state index is 0.0783. The first kappa shape index (κ1) is 16.7. The number of methoxy groups -OCH3 is 1. The Morgan fingerprint density at radius 3 is 3.23 bits per heavy atom. The number of aromatic amines is 1. The van der Waals surface area contributed by atoms with E-state index in [1.54, 1.807) is 13.3 Å². The molecule has 136 valence electrons. The van der Waals surface area contributed by atoms with E-state index in [0.29, 0.717) is 5.69 Å². The molecule has 1 fully saturated rings. The summed E-state index contributed by atoms with van der Waals surface area (Å²) in [6.45, 7) is 1.54. The van der Waals surface area contributed by atoms with E-state index in [4.69, 9.17) is 9.47 Å².